The summed E-state index contributed by atoms with van der Waals surface area (Å²) < 4.78 is 1.14. The number of aryl methyl sites for hydroxylation is 1. The molecule has 0 atom stereocenters. The number of aromatic nitrogens is 1. The summed E-state index contributed by atoms with van der Waals surface area (Å²) in [5.41, 5.74) is 2.25. The second-order valence-electron chi connectivity index (χ2n) is 5.96. The topological polar surface area (TPSA) is 71.1 Å². The van der Waals surface area contributed by atoms with Crippen LogP contribution in [0.15, 0.2) is 48.5 Å². The molecule has 26 heavy (non-hydrogen) atoms. The van der Waals surface area contributed by atoms with Gasteiger partial charge in [0.25, 0.3) is 5.91 Å². The van der Waals surface area contributed by atoms with Crippen molar-refractivity contribution >= 4 is 39.1 Å². The zero-order valence-electron chi connectivity index (χ0n) is 14.6. The van der Waals surface area contributed by atoms with E-state index in [0.717, 1.165) is 21.6 Å². The van der Waals surface area contributed by atoms with E-state index in [2.05, 4.69) is 15.6 Å². The van der Waals surface area contributed by atoms with Gasteiger partial charge in [-0.05, 0) is 42.8 Å². The van der Waals surface area contributed by atoms with Crippen molar-refractivity contribution in [1.29, 1.82) is 0 Å². The lowest BCUT2D eigenvalue weighted by Crippen LogP contribution is -2.23. The molecule has 0 saturated carbocycles. The fourth-order valence-electron chi connectivity index (χ4n) is 2.52. The van der Waals surface area contributed by atoms with Gasteiger partial charge in [-0.25, -0.2) is 4.98 Å². The van der Waals surface area contributed by atoms with Crippen molar-refractivity contribution in [3.8, 4) is 0 Å². The molecular formula is C20H21N3O2S. The Morgan fingerprint density at radius 3 is 2.58 bits per heavy atom. The Hall–Kier alpha value is -2.73. The van der Waals surface area contributed by atoms with E-state index in [1.165, 1.54) is 0 Å². The predicted octanol–water partition coefficient (Wildman–Crippen LogP) is 4.01. The molecule has 6 heteroatoms. The highest BCUT2D eigenvalue weighted by atomic mass is 32.1. The number of benzene rings is 2. The number of para-hydroxylation sites is 1. The predicted molar refractivity (Wildman–Crippen MR) is 106 cm³/mol. The van der Waals surface area contributed by atoms with Crippen molar-refractivity contribution in [2.75, 3.05) is 11.9 Å². The molecule has 3 rings (SSSR count). The number of hydrogen-bond donors (Lipinski definition) is 2. The van der Waals surface area contributed by atoms with Crippen molar-refractivity contribution < 1.29 is 9.59 Å². The lowest BCUT2D eigenvalue weighted by molar-refractivity contribution is -0.116. The second kappa shape index (κ2) is 8.58. The molecule has 1 heterocycles. The van der Waals surface area contributed by atoms with Gasteiger partial charge in [0.1, 0.15) is 0 Å². The average molecular weight is 367 g/mol. The molecule has 3 aromatic rings. The summed E-state index contributed by atoms with van der Waals surface area (Å²) in [6, 6.07) is 14.9. The van der Waals surface area contributed by atoms with Crippen LogP contribution in [-0.4, -0.2) is 23.3 Å². The highest BCUT2D eigenvalue weighted by Crippen LogP contribution is 2.22. The Kier molecular flexibility index (Phi) is 5.96. The summed E-state index contributed by atoms with van der Waals surface area (Å²) in [5.74, 6) is -0.159. The Labute approximate surface area is 156 Å². The zero-order valence-corrected chi connectivity index (χ0v) is 15.4. The maximum absolute atomic E-state index is 12.1. The van der Waals surface area contributed by atoms with Crippen LogP contribution < -0.4 is 10.6 Å². The Morgan fingerprint density at radius 1 is 1.08 bits per heavy atom. The van der Waals surface area contributed by atoms with Gasteiger partial charge in [0.05, 0.1) is 15.2 Å². The van der Waals surface area contributed by atoms with Crippen LogP contribution in [0.3, 0.4) is 0 Å². The van der Waals surface area contributed by atoms with Gasteiger partial charge in [0.2, 0.25) is 5.91 Å². The van der Waals surface area contributed by atoms with Crippen LogP contribution in [-0.2, 0) is 11.2 Å². The minimum atomic E-state index is -0.0967. The summed E-state index contributed by atoms with van der Waals surface area (Å²) in [6.07, 6.45) is 1.88. The first-order valence-corrected chi connectivity index (χ1v) is 9.50. The number of amides is 2. The number of hydrogen-bond acceptors (Lipinski definition) is 4. The summed E-state index contributed by atoms with van der Waals surface area (Å²) in [4.78, 5) is 28.6. The van der Waals surface area contributed by atoms with E-state index in [1.807, 2.05) is 31.2 Å². The smallest absolute Gasteiger partial charge is 0.251 e. The maximum atomic E-state index is 12.1. The van der Waals surface area contributed by atoms with Gasteiger partial charge in [-0.15, -0.1) is 11.3 Å². The van der Waals surface area contributed by atoms with E-state index in [0.29, 0.717) is 30.6 Å². The van der Waals surface area contributed by atoms with E-state index in [-0.39, 0.29) is 11.8 Å². The standard InChI is InChI=1S/C20H21N3O2S/c1-2-13-21-20(25)14-7-9-15(10-8-14)22-18(24)11-12-19-23-16-5-3-4-6-17(16)26-19/h3-10H,2,11-13H2,1H3,(H,21,25)(H,22,24). The number of rotatable bonds is 7. The van der Waals surface area contributed by atoms with Crippen molar-refractivity contribution in [3.05, 3.63) is 59.1 Å². The SMILES string of the molecule is CCCNC(=O)c1ccc(NC(=O)CCc2nc3ccccc3s2)cc1. The Morgan fingerprint density at radius 2 is 1.85 bits per heavy atom. The third-order valence-electron chi connectivity index (χ3n) is 3.87. The molecule has 0 saturated heterocycles. The molecule has 2 amide bonds. The fourth-order valence-corrected chi connectivity index (χ4v) is 3.48. The molecular weight excluding hydrogens is 346 g/mol. The van der Waals surface area contributed by atoms with E-state index in [4.69, 9.17) is 0 Å². The summed E-state index contributed by atoms with van der Waals surface area (Å²) in [7, 11) is 0. The Balaban J connectivity index is 1.52. The normalized spacial score (nSPS) is 10.7. The summed E-state index contributed by atoms with van der Waals surface area (Å²) >= 11 is 1.62. The molecule has 0 aliphatic heterocycles. The molecule has 2 aromatic carbocycles. The molecule has 0 spiro atoms. The van der Waals surface area contributed by atoms with Gasteiger partial charge >= 0.3 is 0 Å². The van der Waals surface area contributed by atoms with Crippen LogP contribution in [0.25, 0.3) is 10.2 Å². The number of anilines is 1. The quantitative estimate of drug-likeness (QED) is 0.663. The summed E-state index contributed by atoms with van der Waals surface area (Å²) in [5, 5.41) is 6.65. The molecule has 1 aromatic heterocycles. The molecule has 2 N–H and O–H groups in total. The molecule has 0 aliphatic rings. The molecule has 0 bridgehead atoms. The molecule has 5 nitrogen and oxygen atoms in total. The monoisotopic (exact) mass is 367 g/mol. The zero-order chi connectivity index (χ0) is 18.4. The van der Waals surface area contributed by atoms with Gasteiger partial charge in [-0.2, -0.15) is 0 Å². The third kappa shape index (κ3) is 4.67. The first kappa shape index (κ1) is 18.1. The number of carbonyl (C=O) groups excluding carboxylic acids is 2. The first-order valence-electron chi connectivity index (χ1n) is 8.68. The van der Waals surface area contributed by atoms with Crippen molar-refractivity contribution in [3.63, 3.8) is 0 Å². The maximum Gasteiger partial charge on any atom is 0.251 e. The van der Waals surface area contributed by atoms with Gasteiger partial charge in [-0.1, -0.05) is 19.1 Å². The average Bonchev–Trinajstić information content (AvgIpc) is 3.08. The number of thiazole rings is 1. The fraction of sp³-hybridized carbons (Fsp3) is 0.250. The number of carbonyl (C=O) groups is 2. The first-order chi connectivity index (χ1) is 12.7. The van der Waals surface area contributed by atoms with Crippen molar-refractivity contribution in [1.82, 2.24) is 10.3 Å². The molecule has 0 aliphatic carbocycles. The van der Waals surface area contributed by atoms with Crippen molar-refractivity contribution in [2.45, 2.75) is 26.2 Å². The van der Waals surface area contributed by atoms with Crippen LogP contribution in [0.2, 0.25) is 0 Å². The Bertz CT molecular complexity index is 870. The minimum Gasteiger partial charge on any atom is -0.352 e. The minimum absolute atomic E-state index is 0.0626. The second-order valence-corrected chi connectivity index (χ2v) is 7.07. The largest absolute Gasteiger partial charge is 0.352 e. The van der Waals surface area contributed by atoms with Gasteiger partial charge < -0.3 is 10.6 Å². The van der Waals surface area contributed by atoms with Gasteiger partial charge in [0.15, 0.2) is 0 Å². The molecule has 134 valence electrons. The van der Waals surface area contributed by atoms with E-state index >= 15 is 0 Å². The molecule has 0 radical (unpaired) electrons. The van der Waals surface area contributed by atoms with E-state index < -0.39 is 0 Å². The van der Waals surface area contributed by atoms with Crippen LogP contribution in [0.1, 0.15) is 35.1 Å². The third-order valence-corrected chi connectivity index (χ3v) is 4.97. The van der Waals surface area contributed by atoms with E-state index in [1.54, 1.807) is 35.6 Å². The van der Waals surface area contributed by atoms with Crippen LogP contribution in [0, 0.1) is 0 Å². The van der Waals surface area contributed by atoms with Gasteiger partial charge in [-0.3, -0.25) is 9.59 Å². The van der Waals surface area contributed by atoms with Gasteiger partial charge in [0, 0.05) is 30.6 Å². The number of nitrogens with zero attached hydrogens (tertiary/aromatic N) is 1. The highest BCUT2D eigenvalue weighted by molar-refractivity contribution is 7.18. The lowest BCUT2D eigenvalue weighted by Gasteiger charge is -2.07. The van der Waals surface area contributed by atoms with Crippen LogP contribution >= 0.6 is 11.3 Å². The van der Waals surface area contributed by atoms with E-state index in [9.17, 15) is 9.59 Å². The lowest BCUT2D eigenvalue weighted by atomic mass is 10.2. The van der Waals surface area contributed by atoms with Crippen molar-refractivity contribution in [2.24, 2.45) is 0 Å². The van der Waals surface area contributed by atoms with Crippen LogP contribution in [0.5, 0.6) is 0 Å². The number of nitrogens with one attached hydrogen (secondary N) is 2. The van der Waals surface area contributed by atoms with Crippen LogP contribution in [0.4, 0.5) is 5.69 Å². The summed E-state index contributed by atoms with van der Waals surface area (Å²) in [6.45, 7) is 2.66. The molecule has 0 unspecified atom stereocenters. The number of fused-ring (bicyclic) bond motifs is 1. The molecule has 0 fully saturated rings. The highest BCUT2D eigenvalue weighted by Gasteiger charge is 2.08.